The van der Waals surface area contributed by atoms with Gasteiger partial charge in [0.05, 0.1) is 0 Å². The molecule has 0 heterocycles. The Morgan fingerprint density at radius 3 is 2.59 bits per heavy atom. The maximum absolute atomic E-state index is 11.8. The lowest BCUT2D eigenvalue weighted by atomic mass is 10.0. The summed E-state index contributed by atoms with van der Waals surface area (Å²) >= 11 is 6.14. The number of halogens is 1. The second-order valence-corrected chi connectivity index (χ2v) is 7.51. The number of hydrogen-bond donors (Lipinski definition) is 1. The molecule has 2 aromatic rings. The van der Waals surface area contributed by atoms with E-state index in [0.29, 0.717) is 23.7 Å². The van der Waals surface area contributed by atoms with Crippen LogP contribution in [-0.2, 0) is 15.9 Å². The lowest BCUT2D eigenvalue weighted by Gasteiger charge is -2.19. The molecule has 0 radical (unpaired) electrons. The summed E-state index contributed by atoms with van der Waals surface area (Å²) in [5.41, 5.74) is 2.43. The minimum atomic E-state index is -0.510. The number of rotatable bonds is 7. The number of hydrogen-bond acceptors (Lipinski definition) is 4. The van der Waals surface area contributed by atoms with Gasteiger partial charge in [-0.3, -0.25) is 0 Å². The molecule has 2 rings (SSSR count). The number of ether oxygens (including phenoxy) is 3. The number of benzene rings is 2. The summed E-state index contributed by atoms with van der Waals surface area (Å²) in [5.74, 6) is 0.711. The average Bonchev–Trinajstić information content (AvgIpc) is 2.59. The molecule has 1 N–H and O–H groups in total. The Hall–Kier alpha value is -2.24. The molecule has 0 atom stereocenters. The number of methoxy groups -OCH3 is 1. The lowest BCUT2D eigenvalue weighted by molar-refractivity contribution is 0.0513. The van der Waals surface area contributed by atoms with Crippen LogP contribution in [0, 0.1) is 0 Å². The topological polar surface area (TPSA) is 56.8 Å². The second-order valence-electron chi connectivity index (χ2n) is 7.07. The minimum Gasteiger partial charge on any atom is -0.467 e. The third kappa shape index (κ3) is 7.12. The summed E-state index contributed by atoms with van der Waals surface area (Å²) < 4.78 is 15.9. The van der Waals surface area contributed by atoms with Crippen LogP contribution in [0.15, 0.2) is 42.5 Å². The third-order valence-electron chi connectivity index (χ3n) is 3.59. The van der Waals surface area contributed by atoms with Gasteiger partial charge in [0.25, 0.3) is 0 Å². The van der Waals surface area contributed by atoms with Gasteiger partial charge in [0.15, 0.2) is 6.79 Å². The van der Waals surface area contributed by atoms with E-state index in [2.05, 4.69) is 5.32 Å². The first kappa shape index (κ1) is 21.1. The first-order valence-electron chi connectivity index (χ1n) is 8.76. The molecule has 2 aromatic carbocycles. The number of nitrogens with one attached hydrogen (secondary N) is 1. The Morgan fingerprint density at radius 2 is 1.93 bits per heavy atom. The first-order valence-corrected chi connectivity index (χ1v) is 9.14. The molecule has 0 fully saturated rings. The second kappa shape index (κ2) is 9.62. The molecule has 5 nitrogen and oxygen atoms in total. The number of amides is 1. The summed E-state index contributed by atoms with van der Waals surface area (Å²) in [6.45, 7) is 6.14. The van der Waals surface area contributed by atoms with Crippen molar-refractivity contribution in [3.05, 3.63) is 53.1 Å². The fourth-order valence-corrected chi connectivity index (χ4v) is 2.68. The summed E-state index contributed by atoms with van der Waals surface area (Å²) in [4.78, 5) is 11.8. The van der Waals surface area contributed by atoms with Crippen molar-refractivity contribution in [1.82, 2.24) is 5.32 Å². The van der Waals surface area contributed by atoms with Crippen LogP contribution in [0.4, 0.5) is 4.79 Å². The van der Waals surface area contributed by atoms with Crippen molar-refractivity contribution in [2.75, 3.05) is 20.4 Å². The molecule has 0 aliphatic heterocycles. The molecule has 0 aromatic heterocycles. The van der Waals surface area contributed by atoms with Crippen LogP contribution < -0.4 is 10.1 Å². The highest BCUT2D eigenvalue weighted by atomic mass is 35.5. The van der Waals surface area contributed by atoms with Crippen LogP contribution in [-0.4, -0.2) is 32.1 Å². The van der Waals surface area contributed by atoms with Gasteiger partial charge in [-0.15, -0.1) is 0 Å². The highest BCUT2D eigenvalue weighted by molar-refractivity contribution is 6.30. The monoisotopic (exact) mass is 391 g/mol. The quantitative estimate of drug-likeness (QED) is 0.670. The number of carbonyl (C=O) groups is 1. The van der Waals surface area contributed by atoms with Crippen LogP contribution >= 0.6 is 11.6 Å². The van der Waals surface area contributed by atoms with E-state index in [1.165, 1.54) is 0 Å². The van der Waals surface area contributed by atoms with Gasteiger partial charge in [-0.2, -0.15) is 0 Å². The molecular formula is C21H26ClNO4. The van der Waals surface area contributed by atoms with Gasteiger partial charge in [0, 0.05) is 24.2 Å². The molecule has 27 heavy (non-hydrogen) atoms. The predicted molar refractivity (Wildman–Crippen MR) is 107 cm³/mol. The summed E-state index contributed by atoms with van der Waals surface area (Å²) in [6, 6.07) is 13.5. The normalized spacial score (nSPS) is 11.1. The van der Waals surface area contributed by atoms with Gasteiger partial charge in [0.1, 0.15) is 11.4 Å². The molecule has 0 saturated carbocycles. The zero-order valence-corrected chi connectivity index (χ0v) is 16.9. The minimum absolute atomic E-state index is 0.160. The summed E-state index contributed by atoms with van der Waals surface area (Å²) in [7, 11) is 1.58. The first-order chi connectivity index (χ1) is 12.8. The SMILES string of the molecule is COCOc1ccc(CCNC(=O)OC(C)(C)C)cc1-c1cccc(Cl)c1. The fourth-order valence-electron chi connectivity index (χ4n) is 2.49. The maximum Gasteiger partial charge on any atom is 0.407 e. The largest absolute Gasteiger partial charge is 0.467 e. The number of carbonyl (C=O) groups excluding carboxylic acids is 1. The van der Waals surface area contributed by atoms with Crippen LogP contribution in [0.1, 0.15) is 26.3 Å². The van der Waals surface area contributed by atoms with Gasteiger partial charge < -0.3 is 19.5 Å². The van der Waals surface area contributed by atoms with Crippen LogP contribution in [0.5, 0.6) is 5.75 Å². The van der Waals surface area contributed by atoms with E-state index in [4.69, 9.17) is 25.8 Å². The Balaban J connectivity index is 2.12. The zero-order valence-electron chi connectivity index (χ0n) is 16.2. The van der Waals surface area contributed by atoms with E-state index in [1.54, 1.807) is 7.11 Å². The van der Waals surface area contributed by atoms with E-state index >= 15 is 0 Å². The predicted octanol–water partition coefficient (Wildman–Crippen LogP) is 5.06. The Kier molecular flexibility index (Phi) is 7.51. The average molecular weight is 392 g/mol. The van der Waals surface area contributed by atoms with Crippen LogP contribution in [0.25, 0.3) is 11.1 Å². The molecular weight excluding hydrogens is 366 g/mol. The molecule has 0 saturated heterocycles. The summed E-state index contributed by atoms with van der Waals surface area (Å²) in [5, 5.41) is 3.43. The molecule has 0 spiro atoms. The number of alkyl carbamates (subject to hydrolysis) is 1. The molecule has 0 bridgehead atoms. The van der Waals surface area contributed by atoms with Crippen molar-refractivity contribution in [1.29, 1.82) is 0 Å². The van der Waals surface area contributed by atoms with Gasteiger partial charge >= 0.3 is 6.09 Å². The molecule has 0 aliphatic rings. The smallest absolute Gasteiger partial charge is 0.407 e. The Labute approximate surface area is 165 Å². The van der Waals surface area contributed by atoms with Crippen molar-refractivity contribution >= 4 is 17.7 Å². The van der Waals surface area contributed by atoms with Gasteiger partial charge in [-0.05, 0) is 62.6 Å². The van der Waals surface area contributed by atoms with E-state index in [0.717, 1.165) is 16.7 Å². The van der Waals surface area contributed by atoms with E-state index in [-0.39, 0.29) is 6.79 Å². The van der Waals surface area contributed by atoms with E-state index < -0.39 is 11.7 Å². The fraction of sp³-hybridized carbons (Fsp3) is 0.381. The van der Waals surface area contributed by atoms with Gasteiger partial charge in [-0.1, -0.05) is 29.8 Å². The van der Waals surface area contributed by atoms with Gasteiger partial charge in [0.2, 0.25) is 0 Å². The van der Waals surface area contributed by atoms with Crippen LogP contribution in [0.2, 0.25) is 5.02 Å². The standard InChI is InChI=1S/C21H26ClNO4/c1-21(2,3)27-20(24)23-11-10-15-8-9-19(26-14-25-4)18(12-15)16-6-5-7-17(22)13-16/h5-9,12-13H,10-11,14H2,1-4H3,(H,23,24). The van der Waals surface area contributed by atoms with Gasteiger partial charge in [-0.25, -0.2) is 4.79 Å². The summed E-state index contributed by atoms with van der Waals surface area (Å²) in [6.07, 6.45) is 0.245. The lowest BCUT2D eigenvalue weighted by Crippen LogP contribution is -2.33. The highest BCUT2D eigenvalue weighted by Gasteiger charge is 2.15. The molecule has 146 valence electrons. The third-order valence-corrected chi connectivity index (χ3v) is 3.83. The van der Waals surface area contributed by atoms with Crippen LogP contribution in [0.3, 0.4) is 0 Å². The Morgan fingerprint density at radius 1 is 1.15 bits per heavy atom. The molecule has 0 aliphatic carbocycles. The molecule has 1 amide bonds. The van der Waals surface area contributed by atoms with Crippen molar-refractivity contribution in [2.45, 2.75) is 32.8 Å². The van der Waals surface area contributed by atoms with E-state index in [9.17, 15) is 4.79 Å². The highest BCUT2D eigenvalue weighted by Crippen LogP contribution is 2.32. The van der Waals surface area contributed by atoms with Crippen molar-refractivity contribution in [3.8, 4) is 16.9 Å². The van der Waals surface area contributed by atoms with Crippen molar-refractivity contribution in [2.24, 2.45) is 0 Å². The van der Waals surface area contributed by atoms with Crippen molar-refractivity contribution in [3.63, 3.8) is 0 Å². The molecule has 0 unspecified atom stereocenters. The maximum atomic E-state index is 11.8. The zero-order chi connectivity index (χ0) is 19.9. The Bertz CT molecular complexity index is 771. The molecule has 6 heteroatoms. The van der Waals surface area contributed by atoms with E-state index in [1.807, 2.05) is 63.2 Å². The van der Waals surface area contributed by atoms with Crippen molar-refractivity contribution < 1.29 is 19.0 Å².